The number of rotatable bonds is 2. The van der Waals surface area contributed by atoms with Crippen molar-refractivity contribution < 1.29 is 9.90 Å². The van der Waals surface area contributed by atoms with Crippen molar-refractivity contribution >= 4 is 16.9 Å². The number of carboxylic acids is 1. The number of para-hydroxylation sites is 1. The lowest BCUT2D eigenvalue weighted by Gasteiger charge is -2.07. The summed E-state index contributed by atoms with van der Waals surface area (Å²) in [6.45, 7) is 0. The molecule has 4 heteroatoms. The van der Waals surface area contributed by atoms with Crippen LogP contribution in [0.2, 0.25) is 0 Å². The van der Waals surface area contributed by atoms with Gasteiger partial charge in [-0.2, -0.15) is 5.26 Å². The Bertz CT molecular complexity index is 895. The Morgan fingerprint density at radius 1 is 1.10 bits per heavy atom. The fourth-order valence-electron chi connectivity index (χ4n) is 2.24. The van der Waals surface area contributed by atoms with Crippen LogP contribution in [0.25, 0.3) is 22.0 Å². The molecule has 0 bridgehead atoms. The molecule has 0 amide bonds. The van der Waals surface area contributed by atoms with Gasteiger partial charge in [0.25, 0.3) is 0 Å². The van der Waals surface area contributed by atoms with Crippen LogP contribution >= 0.6 is 0 Å². The summed E-state index contributed by atoms with van der Waals surface area (Å²) in [6, 6.07) is 18.0. The van der Waals surface area contributed by atoms with Crippen LogP contribution in [-0.2, 0) is 0 Å². The number of aromatic carboxylic acids is 1. The van der Waals surface area contributed by atoms with E-state index in [9.17, 15) is 10.1 Å². The second-order valence-electron chi connectivity index (χ2n) is 4.57. The van der Waals surface area contributed by atoms with E-state index in [-0.39, 0.29) is 11.3 Å². The van der Waals surface area contributed by atoms with E-state index in [1.807, 2.05) is 30.3 Å². The minimum absolute atomic E-state index is 0.185. The first-order valence-electron chi connectivity index (χ1n) is 6.32. The zero-order valence-corrected chi connectivity index (χ0v) is 10.9. The highest BCUT2D eigenvalue weighted by Gasteiger charge is 2.11. The highest BCUT2D eigenvalue weighted by atomic mass is 16.4. The number of benzene rings is 2. The topological polar surface area (TPSA) is 74.0 Å². The first kappa shape index (κ1) is 12.8. The van der Waals surface area contributed by atoms with Gasteiger partial charge >= 0.3 is 5.97 Å². The van der Waals surface area contributed by atoms with Gasteiger partial charge < -0.3 is 5.11 Å². The van der Waals surface area contributed by atoms with E-state index in [0.717, 1.165) is 10.9 Å². The molecule has 0 aliphatic heterocycles. The fraction of sp³-hybridized carbons (Fsp3) is 0. The van der Waals surface area contributed by atoms with Crippen LogP contribution in [0.1, 0.15) is 16.1 Å². The summed E-state index contributed by atoms with van der Waals surface area (Å²) >= 11 is 0. The van der Waals surface area contributed by atoms with Crippen LogP contribution in [0.4, 0.5) is 0 Å². The molecular formula is C17H10N2O2. The standard InChI is InChI=1S/C17H10N2O2/c18-10-16-14(9-12-4-1-2-7-15(12)19-16)11-5-3-6-13(8-11)17(20)21/h1-9H,(H,20,21). The number of aromatic nitrogens is 1. The minimum atomic E-state index is -0.996. The molecule has 0 aliphatic rings. The monoisotopic (exact) mass is 274 g/mol. The Hall–Kier alpha value is -3.19. The highest BCUT2D eigenvalue weighted by Crippen LogP contribution is 2.27. The lowest BCUT2D eigenvalue weighted by atomic mass is 10.00. The van der Waals surface area contributed by atoms with Crippen molar-refractivity contribution in [1.82, 2.24) is 4.98 Å². The zero-order chi connectivity index (χ0) is 14.8. The summed E-state index contributed by atoms with van der Waals surface area (Å²) in [5, 5.41) is 19.3. The maximum atomic E-state index is 11.1. The number of carboxylic acid groups (broad SMARTS) is 1. The summed E-state index contributed by atoms with van der Waals surface area (Å²) in [5.74, 6) is -0.996. The van der Waals surface area contributed by atoms with Crippen molar-refractivity contribution in [3.63, 3.8) is 0 Å². The molecule has 2 aromatic carbocycles. The van der Waals surface area contributed by atoms with Gasteiger partial charge in [-0.3, -0.25) is 0 Å². The van der Waals surface area contributed by atoms with Crippen LogP contribution in [0.15, 0.2) is 54.6 Å². The van der Waals surface area contributed by atoms with Gasteiger partial charge in [-0.25, -0.2) is 9.78 Å². The lowest BCUT2D eigenvalue weighted by molar-refractivity contribution is 0.0697. The molecule has 0 radical (unpaired) electrons. The predicted octanol–water partition coefficient (Wildman–Crippen LogP) is 3.47. The zero-order valence-electron chi connectivity index (χ0n) is 10.9. The van der Waals surface area contributed by atoms with Crippen molar-refractivity contribution in [2.24, 2.45) is 0 Å². The van der Waals surface area contributed by atoms with Crippen LogP contribution < -0.4 is 0 Å². The number of hydrogen-bond donors (Lipinski definition) is 1. The molecule has 0 aliphatic carbocycles. The molecule has 0 fully saturated rings. The van der Waals surface area contributed by atoms with E-state index < -0.39 is 5.97 Å². The van der Waals surface area contributed by atoms with Crippen LogP contribution in [0.5, 0.6) is 0 Å². The Labute approximate surface area is 120 Å². The Morgan fingerprint density at radius 2 is 1.90 bits per heavy atom. The number of carbonyl (C=O) groups is 1. The Balaban J connectivity index is 2.26. The van der Waals surface area contributed by atoms with E-state index in [2.05, 4.69) is 11.1 Å². The van der Waals surface area contributed by atoms with E-state index in [0.29, 0.717) is 11.1 Å². The SMILES string of the molecule is N#Cc1nc2ccccc2cc1-c1cccc(C(=O)O)c1. The van der Waals surface area contributed by atoms with E-state index in [4.69, 9.17) is 5.11 Å². The molecular weight excluding hydrogens is 264 g/mol. The average Bonchev–Trinajstić information content (AvgIpc) is 2.53. The van der Waals surface area contributed by atoms with Gasteiger partial charge in [-0.05, 0) is 29.8 Å². The quantitative estimate of drug-likeness (QED) is 0.776. The minimum Gasteiger partial charge on any atom is -0.478 e. The molecule has 4 nitrogen and oxygen atoms in total. The second-order valence-corrected chi connectivity index (χ2v) is 4.57. The summed E-state index contributed by atoms with van der Waals surface area (Å²) < 4.78 is 0. The molecule has 0 saturated carbocycles. The molecule has 3 rings (SSSR count). The van der Waals surface area contributed by atoms with Gasteiger partial charge in [0.1, 0.15) is 11.8 Å². The van der Waals surface area contributed by atoms with Crippen molar-refractivity contribution in [2.75, 3.05) is 0 Å². The van der Waals surface area contributed by atoms with Crippen molar-refractivity contribution in [1.29, 1.82) is 5.26 Å². The third-order valence-electron chi connectivity index (χ3n) is 3.25. The Morgan fingerprint density at radius 3 is 2.67 bits per heavy atom. The third-order valence-corrected chi connectivity index (χ3v) is 3.25. The number of pyridine rings is 1. The predicted molar refractivity (Wildman–Crippen MR) is 78.9 cm³/mol. The molecule has 0 atom stereocenters. The lowest BCUT2D eigenvalue weighted by Crippen LogP contribution is -1.97. The molecule has 0 unspecified atom stereocenters. The molecule has 1 heterocycles. The first-order chi connectivity index (χ1) is 10.2. The van der Waals surface area contributed by atoms with Crippen molar-refractivity contribution in [3.8, 4) is 17.2 Å². The maximum Gasteiger partial charge on any atom is 0.335 e. The summed E-state index contributed by atoms with van der Waals surface area (Å²) in [4.78, 5) is 15.4. The summed E-state index contributed by atoms with van der Waals surface area (Å²) in [5.41, 5.74) is 2.52. The molecule has 3 aromatic rings. The second kappa shape index (κ2) is 5.06. The average molecular weight is 274 g/mol. The maximum absolute atomic E-state index is 11.1. The van der Waals surface area contributed by atoms with Gasteiger partial charge in [0.2, 0.25) is 0 Å². The molecule has 0 saturated heterocycles. The van der Waals surface area contributed by atoms with Crippen LogP contribution in [0, 0.1) is 11.3 Å². The van der Waals surface area contributed by atoms with Crippen LogP contribution in [-0.4, -0.2) is 16.1 Å². The molecule has 100 valence electrons. The molecule has 1 N–H and O–H groups in total. The summed E-state index contributed by atoms with van der Waals surface area (Å²) in [6.07, 6.45) is 0. The number of fused-ring (bicyclic) bond motifs is 1. The van der Waals surface area contributed by atoms with Crippen LogP contribution in [0.3, 0.4) is 0 Å². The first-order valence-corrected chi connectivity index (χ1v) is 6.32. The van der Waals surface area contributed by atoms with Gasteiger partial charge in [0.05, 0.1) is 11.1 Å². The van der Waals surface area contributed by atoms with Crippen molar-refractivity contribution in [2.45, 2.75) is 0 Å². The number of nitriles is 1. The molecule has 0 spiro atoms. The smallest absolute Gasteiger partial charge is 0.335 e. The Kier molecular flexibility index (Phi) is 3.09. The van der Waals surface area contributed by atoms with E-state index in [1.165, 1.54) is 6.07 Å². The normalized spacial score (nSPS) is 10.2. The third kappa shape index (κ3) is 2.33. The molecule has 1 aromatic heterocycles. The van der Waals surface area contributed by atoms with Gasteiger partial charge in [0, 0.05) is 10.9 Å². The fourth-order valence-corrected chi connectivity index (χ4v) is 2.24. The van der Waals surface area contributed by atoms with Gasteiger partial charge in [0.15, 0.2) is 0 Å². The van der Waals surface area contributed by atoms with E-state index in [1.54, 1.807) is 18.2 Å². The van der Waals surface area contributed by atoms with Gasteiger partial charge in [-0.15, -0.1) is 0 Å². The van der Waals surface area contributed by atoms with E-state index >= 15 is 0 Å². The largest absolute Gasteiger partial charge is 0.478 e. The van der Waals surface area contributed by atoms with Gasteiger partial charge in [-0.1, -0.05) is 30.3 Å². The number of hydrogen-bond acceptors (Lipinski definition) is 3. The highest BCUT2D eigenvalue weighted by molar-refractivity contribution is 5.91. The summed E-state index contributed by atoms with van der Waals surface area (Å²) in [7, 11) is 0. The molecule has 21 heavy (non-hydrogen) atoms. The number of nitrogens with zero attached hydrogens (tertiary/aromatic N) is 2. The van der Waals surface area contributed by atoms with Crippen molar-refractivity contribution in [3.05, 3.63) is 65.9 Å².